The number of para-hydroxylation sites is 1. The van der Waals surface area contributed by atoms with Crippen LogP contribution in [0.15, 0.2) is 84.0 Å². The molecular formula is C27H25N7O2. The Labute approximate surface area is 207 Å². The van der Waals surface area contributed by atoms with Crippen molar-refractivity contribution < 1.29 is 4.74 Å². The van der Waals surface area contributed by atoms with Gasteiger partial charge in [0.15, 0.2) is 5.65 Å². The molecule has 9 nitrogen and oxygen atoms in total. The van der Waals surface area contributed by atoms with Gasteiger partial charge in [0.05, 0.1) is 11.4 Å². The average molecular weight is 480 g/mol. The van der Waals surface area contributed by atoms with E-state index in [1.165, 1.54) is 6.33 Å². The highest BCUT2D eigenvalue weighted by molar-refractivity contribution is 5.98. The van der Waals surface area contributed by atoms with Crippen molar-refractivity contribution in [2.24, 2.45) is 0 Å². The number of hydrogen-bond acceptors (Lipinski definition) is 7. The van der Waals surface area contributed by atoms with E-state index in [0.29, 0.717) is 18.0 Å². The molecule has 0 radical (unpaired) electrons. The van der Waals surface area contributed by atoms with Gasteiger partial charge in [-0.05, 0) is 55.3 Å². The number of aromatic amines is 1. The fourth-order valence-electron chi connectivity index (χ4n) is 4.78. The second-order valence-electron chi connectivity index (χ2n) is 8.84. The Morgan fingerprint density at radius 1 is 1.00 bits per heavy atom. The summed E-state index contributed by atoms with van der Waals surface area (Å²) >= 11 is 0. The molecule has 3 aromatic heterocycles. The van der Waals surface area contributed by atoms with E-state index >= 15 is 0 Å². The fraction of sp³-hybridized carbons (Fsp3) is 0.185. The molecule has 1 aliphatic rings. The molecule has 4 heterocycles. The lowest BCUT2D eigenvalue weighted by Gasteiger charge is -2.34. The summed E-state index contributed by atoms with van der Waals surface area (Å²) in [6, 6.07) is 21.1. The molecule has 6 rings (SSSR count). The standard InChI is InChI=1S/C27H25N7O2/c28-26-24-25(18-8-10-22(11-9-18)36-21-6-2-1-3-7-21)32-34(27(24)31-17-30-26)20-5-4-14-33(16-20)19-12-13-29-23(35)15-19/h1-3,6-13,15,17,20H,4-5,14,16H2,(H,29,35)(H2,28,30,31)/t20-/m1/s1. The Kier molecular flexibility index (Phi) is 5.57. The van der Waals surface area contributed by atoms with Crippen LogP contribution in [-0.2, 0) is 0 Å². The van der Waals surface area contributed by atoms with Crippen LogP contribution in [0.1, 0.15) is 18.9 Å². The van der Waals surface area contributed by atoms with Crippen molar-refractivity contribution in [3.8, 4) is 22.8 Å². The predicted molar refractivity (Wildman–Crippen MR) is 139 cm³/mol. The molecule has 0 saturated carbocycles. The zero-order chi connectivity index (χ0) is 24.5. The Morgan fingerprint density at radius 2 is 1.81 bits per heavy atom. The first-order valence-corrected chi connectivity index (χ1v) is 11.9. The normalized spacial score (nSPS) is 15.8. The number of aromatic nitrogens is 5. The van der Waals surface area contributed by atoms with Crippen LogP contribution in [0, 0.1) is 0 Å². The fourth-order valence-corrected chi connectivity index (χ4v) is 4.78. The number of piperidine rings is 1. The van der Waals surface area contributed by atoms with Crippen molar-refractivity contribution in [1.82, 2.24) is 24.7 Å². The summed E-state index contributed by atoms with van der Waals surface area (Å²) in [5.74, 6) is 1.91. The number of H-pyrrole nitrogens is 1. The topological polar surface area (TPSA) is 115 Å². The lowest BCUT2D eigenvalue weighted by Crippen LogP contribution is -2.37. The zero-order valence-electron chi connectivity index (χ0n) is 19.5. The summed E-state index contributed by atoms with van der Waals surface area (Å²) in [6.07, 6.45) is 5.08. The summed E-state index contributed by atoms with van der Waals surface area (Å²) in [5, 5.41) is 5.74. The molecule has 3 N–H and O–H groups in total. The van der Waals surface area contributed by atoms with E-state index in [-0.39, 0.29) is 11.6 Å². The van der Waals surface area contributed by atoms with Gasteiger partial charge in [-0.15, -0.1) is 0 Å². The first kappa shape index (κ1) is 21.8. The molecule has 0 spiro atoms. The van der Waals surface area contributed by atoms with Gasteiger partial charge in [0.1, 0.15) is 29.3 Å². The molecule has 0 unspecified atom stereocenters. The third-order valence-corrected chi connectivity index (χ3v) is 6.49. The van der Waals surface area contributed by atoms with Crippen LogP contribution in [0.25, 0.3) is 22.3 Å². The van der Waals surface area contributed by atoms with Crippen LogP contribution in [0.2, 0.25) is 0 Å². The number of ether oxygens (including phenoxy) is 1. The van der Waals surface area contributed by atoms with E-state index < -0.39 is 0 Å². The Balaban J connectivity index is 1.34. The molecule has 0 bridgehead atoms. The number of nitrogens with one attached hydrogen (secondary N) is 1. The molecule has 180 valence electrons. The SMILES string of the molecule is Nc1ncnc2c1c(-c1ccc(Oc3ccccc3)cc1)nn2[C@@H]1CCCN(c2cc[nH]c(=O)c2)C1. The summed E-state index contributed by atoms with van der Waals surface area (Å²) in [7, 11) is 0. The highest BCUT2D eigenvalue weighted by atomic mass is 16.5. The van der Waals surface area contributed by atoms with Crippen molar-refractivity contribution in [3.05, 3.63) is 89.6 Å². The van der Waals surface area contributed by atoms with E-state index in [2.05, 4.69) is 19.9 Å². The summed E-state index contributed by atoms with van der Waals surface area (Å²) in [4.78, 5) is 25.5. The number of nitrogen functional groups attached to an aromatic ring is 1. The van der Waals surface area contributed by atoms with Crippen LogP contribution < -0.4 is 20.9 Å². The van der Waals surface area contributed by atoms with Crippen molar-refractivity contribution in [2.45, 2.75) is 18.9 Å². The van der Waals surface area contributed by atoms with Gasteiger partial charge in [0, 0.05) is 36.6 Å². The number of hydrogen-bond donors (Lipinski definition) is 2. The molecule has 0 amide bonds. The largest absolute Gasteiger partial charge is 0.457 e. The number of anilines is 2. The maximum Gasteiger partial charge on any atom is 0.249 e. The van der Waals surface area contributed by atoms with Gasteiger partial charge in [0.25, 0.3) is 0 Å². The Morgan fingerprint density at radius 3 is 2.61 bits per heavy atom. The van der Waals surface area contributed by atoms with Gasteiger partial charge < -0.3 is 20.4 Å². The van der Waals surface area contributed by atoms with Crippen LogP contribution in [-0.4, -0.2) is 37.8 Å². The van der Waals surface area contributed by atoms with E-state index in [1.54, 1.807) is 12.3 Å². The molecule has 2 aromatic carbocycles. The smallest absolute Gasteiger partial charge is 0.249 e. The maximum atomic E-state index is 11.8. The minimum Gasteiger partial charge on any atom is -0.457 e. The first-order valence-electron chi connectivity index (χ1n) is 11.9. The molecule has 1 atom stereocenters. The van der Waals surface area contributed by atoms with Gasteiger partial charge in [-0.25, -0.2) is 14.6 Å². The molecule has 1 fully saturated rings. The summed E-state index contributed by atoms with van der Waals surface area (Å²) < 4.78 is 7.91. The summed E-state index contributed by atoms with van der Waals surface area (Å²) in [5.41, 5.74) is 9.48. The van der Waals surface area contributed by atoms with Crippen LogP contribution in [0.5, 0.6) is 11.5 Å². The van der Waals surface area contributed by atoms with Crippen molar-refractivity contribution in [3.63, 3.8) is 0 Å². The number of nitrogens with two attached hydrogens (primary N) is 1. The zero-order valence-corrected chi connectivity index (χ0v) is 19.5. The van der Waals surface area contributed by atoms with Crippen LogP contribution in [0.3, 0.4) is 0 Å². The number of benzene rings is 2. The monoisotopic (exact) mass is 479 g/mol. The molecule has 5 aromatic rings. The summed E-state index contributed by atoms with van der Waals surface area (Å²) in [6.45, 7) is 1.60. The second-order valence-corrected chi connectivity index (χ2v) is 8.84. The predicted octanol–water partition coefficient (Wildman–Crippen LogP) is 4.40. The minimum absolute atomic E-state index is 0.0734. The van der Waals surface area contributed by atoms with E-state index in [4.69, 9.17) is 15.6 Å². The minimum atomic E-state index is -0.110. The van der Waals surface area contributed by atoms with Crippen molar-refractivity contribution >= 4 is 22.5 Å². The third-order valence-electron chi connectivity index (χ3n) is 6.49. The van der Waals surface area contributed by atoms with Crippen LogP contribution >= 0.6 is 0 Å². The van der Waals surface area contributed by atoms with Gasteiger partial charge >= 0.3 is 0 Å². The molecule has 1 aliphatic heterocycles. The van der Waals surface area contributed by atoms with Gasteiger partial charge in [-0.3, -0.25) is 4.79 Å². The second kappa shape index (κ2) is 9.18. The highest BCUT2D eigenvalue weighted by Crippen LogP contribution is 2.35. The Bertz CT molecular complexity index is 1560. The average Bonchev–Trinajstić information content (AvgIpc) is 3.31. The number of pyridine rings is 1. The number of rotatable bonds is 5. The quantitative estimate of drug-likeness (QED) is 0.384. The molecule has 1 saturated heterocycles. The first-order chi connectivity index (χ1) is 17.7. The van der Waals surface area contributed by atoms with E-state index in [1.807, 2.05) is 65.3 Å². The van der Waals surface area contributed by atoms with Crippen LogP contribution in [0.4, 0.5) is 11.5 Å². The molecule has 0 aliphatic carbocycles. The lowest BCUT2D eigenvalue weighted by molar-refractivity contribution is 0.384. The van der Waals surface area contributed by atoms with Gasteiger partial charge in [-0.2, -0.15) is 5.10 Å². The van der Waals surface area contributed by atoms with Gasteiger partial charge in [-0.1, -0.05) is 18.2 Å². The van der Waals surface area contributed by atoms with Crippen molar-refractivity contribution in [2.75, 3.05) is 23.7 Å². The Hall–Kier alpha value is -4.66. The molecular weight excluding hydrogens is 454 g/mol. The molecule has 9 heteroatoms. The van der Waals surface area contributed by atoms with E-state index in [9.17, 15) is 4.79 Å². The third kappa shape index (κ3) is 4.15. The highest BCUT2D eigenvalue weighted by Gasteiger charge is 2.27. The van der Waals surface area contributed by atoms with E-state index in [0.717, 1.165) is 53.2 Å². The maximum absolute atomic E-state index is 11.8. The van der Waals surface area contributed by atoms with Gasteiger partial charge in [0.2, 0.25) is 5.56 Å². The number of nitrogens with zero attached hydrogens (tertiary/aromatic N) is 5. The molecule has 36 heavy (non-hydrogen) atoms. The lowest BCUT2D eigenvalue weighted by atomic mass is 10.1. The van der Waals surface area contributed by atoms with Crippen molar-refractivity contribution in [1.29, 1.82) is 0 Å². The number of fused-ring (bicyclic) bond motifs is 1.